The standard InChI is InChI=1S/C13H14N2O2.C9H7F2NO3/c1-10-4-3-5-11(8-10)9-15-12(16)6-7-14(2)13(15)17;10-5-2-1-3-6(11)8(5)9(15)12-4-7(13)14/h3-8H,9H2,1-2H3;1-3H,4H2,(H,12,15)(H,13,14). The number of nitrogens with zero attached hydrogens (tertiary/aromatic N) is 2. The van der Waals surface area contributed by atoms with Gasteiger partial charge in [0.15, 0.2) is 0 Å². The van der Waals surface area contributed by atoms with E-state index in [-0.39, 0.29) is 11.2 Å². The number of carbonyl (C=O) groups is 2. The second kappa shape index (κ2) is 10.8. The molecule has 0 saturated heterocycles. The third-order valence-electron chi connectivity index (χ3n) is 4.25. The van der Waals surface area contributed by atoms with Gasteiger partial charge in [0.25, 0.3) is 11.5 Å². The van der Waals surface area contributed by atoms with E-state index in [0.717, 1.165) is 29.3 Å². The maximum atomic E-state index is 13.0. The summed E-state index contributed by atoms with van der Waals surface area (Å²) >= 11 is 0. The number of amides is 1. The SMILES string of the molecule is Cc1cccc(Cn2c(=O)ccn(C)c2=O)c1.O=C(O)CNC(=O)c1c(F)cccc1F. The van der Waals surface area contributed by atoms with Crippen LogP contribution in [-0.4, -0.2) is 32.7 Å². The molecule has 1 aromatic heterocycles. The average molecular weight is 445 g/mol. The molecule has 3 aromatic rings. The number of aromatic nitrogens is 2. The van der Waals surface area contributed by atoms with Gasteiger partial charge in [0.2, 0.25) is 0 Å². The van der Waals surface area contributed by atoms with Crippen molar-refractivity contribution in [1.82, 2.24) is 14.5 Å². The normalized spacial score (nSPS) is 10.1. The Morgan fingerprint density at radius 1 is 1.03 bits per heavy atom. The number of aliphatic carboxylic acids is 1. The monoisotopic (exact) mass is 445 g/mol. The topological polar surface area (TPSA) is 110 Å². The Hall–Kier alpha value is -4.08. The van der Waals surface area contributed by atoms with Crippen LogP contribution in [0, 0.1) is 18.6 Å². The fourth-order valence-corrected chi connectivity index (χ4v) is 2.71. The molecule has 1 amide bonds. The second-order valence-electron chi connectivity index (χ2n) is 6.80. The van der Waals surface area contributed by atoms with Gasteiger partial charge in [0, 0.05) is 19.3 Å². The number of rotatable bonds is 5. The van der Waals surface area contributed by atoms with Crippen molar-refractivity contribution in [2.45, 2.75) is 13.5 Å². The zero-order chi connectivity index (χ0) is 23.8. The Bertz CT molecular complexity index is 1230. The van der Waals surface area contributed by atoms with Crippen molar-refractivity contribution >= 4 is 11.9 Å². The highest BCUT2D eigenvalue weighted by Gasteiger charge is 2.17. The van der Waals surface area contributed by atoms with Crippen molar-refractivity contribution in [2.75, 3.05) is 6.54 Å². The lowest BCUT2D eigenvalue weighted by Crippen LogP contribution is -2.38. The number of hydrogen-bond donors (Lipinski definition) is 2. The van der Waals surface area contributed by atoms with Gasteiger partial charge >= 0.3 is 11.7 Å². The van der Waals surface area contributed by atoms with Crippen molar-refractivity contribution in [3.8, 4) is 0 Å². The third-order valence-corrected chi connectivity index (χ3v) is 4.25. The Balaban J connectivity index is 0.000000229. The van der Waals surface area contributed by atoms with Crippen LogP contribution < -0.4 is 16.6 Å². The molecule has 0 aliphatic heterocycles. The first kappa shape index (κ1) is 24.2. The lowest BCUT2D eigenvalue weighted by Gasteiger charge is -2.07. The number of benzene rings is 2. The van der Waals surface area contributed by atoms with Crippen LogP contribution in [0.15, 0.2) is 64.3 Å². The molecule has 0 aliphatic rings. The highest BCUT2D eigenvalue weighted by molar-refractivity contribution is 5.96. The molecule has 0 radical (unpaired) electrons. The average Bonchev–Trinajstić information content (AvgIpc) is 2.73. The highest BCUT2D eigenvalue weighted by Crippen LogP contribution is 2.11. The van der Waals surface area contributed by atoms with Crippen molar-refractivity contribution < 1.29 is 23.5 Å². The first-order valence-corrected chi connectivity index (χ1v) is 9.36. The van der Waals surface area contributed by atoms with E-state index in [4.69, 9.17) is 5.11 Å². The van der Waals surface area contributed by atoms with Gasteiger partial charge in [-0.25, -0.2) is 13.6 Å². The van der Waals surface area contributed by atoms with Crippen molar-refractivity contribution in [1.29, 1.82) is 0 Å². The number of nitrogens with one attached hydrogen (secondary N) is 1. The van der Waals surface area contributed by atoms with Crippen LogP contribution in [-0.2, 0) is 18.4 Å². The molecule has 1 heterocycles. The maximum absolute atomic E-state index is 13.0. The van der Waals surface area contributed by atoms with Gasteiger partial charge in [-0.05, 0) is 24.6 Å². The largest absolute Gasteiger partial charge is 0.480 e. The molecule has 2 aromatic carbocycles. The smallest absolute Gasteiger partial charge is 0.331 e. The minimum atomic E-state index is -1.29. The summed E-state index contributed by atoms with van der Waals surface area (Å²) in [5.41, 5.74) is 0.728. The summed E-state index contributed by atoms with van der Waals surface area (Å²) in [4.78, 5) is 44.7. The van der Waals surface area contributed by atoms with Crippen molar-refractivity contribution in [3.05, 3.63) is 104 Å². The molecule has 0 spiro atoms. The molecule has 0 unspecified atom stereocenters. The summed E-state index contributed by atoms with van der Waals surface area (Å²) in [5, 5.41) is 10.1. The van der Waals surface area contributed by atoms with E-state index < -0.39 is 35.6 Å². The Morgan fingerprint density at radius 3 is 2.25 bits per heavy atom. The molecule has 0 fully saturated rings. The predicted molar refractivity (Wildman–Crippen MR) is 113 cm³/mol. The number of halogens is 2. The summed E-state index contributed by atoms with van der Waals surface area (Å²) in [6.07, 6.45) is 1.48. The number of aryl methyl sites for hydroxylation is 2. The minimum absolute atomic E-state index is 0.269. The van der Waals surface area contributed by atoms with E-state index in [2.05, 4.69) is 0 Å². The molecule has 3 rings (SSSR count). The lowest BCUT2D eigenvalue weighted by molar-refractivity contribution is -0.135. The zero-order valence-corrected chi connectivity index (χ0v) is 17.3. The first-order valence-electron chi connectivity index (χ1n) is 9.36. The van der Waals surface area contributed by atoms with E-state index in [1.165, 1.54) is 21.4 Å². The quantitative estimate of drug-likeness (QED) is 0.621. The van der Waals surface area contributed by atoms with Gasteiger partial charge in [-0.2, -0.15) is 0 Å². The van der Waals surface area contributed by atoms with Gasteiger partial charge < -0.3 is 15.0 Å². The van der Waals surface area contributed by atoms with Crippen molar-refractivity contribution in [3.63, 3.8) is 0 Å². The Kier molecular flexibility index (Phi) is 8.17. The zero-order valence-electron chi connectivity index (χ0n) is 17.3. The molecule has 10 heteroatoms. The molecule has 168 valence electrons. The molecule has 0 saturated carbocycles. The van der Waals surface area contributed by atoms with E-state index in [1.807, 2.05) is 36.5 Å². The third kappa shape index (κ3) is 6.46. The molecule has 2 N–H and O–H groups in total. The molecular weight excluding hydrogens is 424 g/mol. The summed E-state index contributed by atoms with van der Waals surface area (Å²) < 4.78 is 28.6. The van der Waals surface area contributed by atoms with Crippen LogP contribution in [0.25, 0.3) is 0 Å². The summed E-state index contributed by atoms with van der Waals surface area (Å²) in [7, 11) is 1.63. The molecule has 0 aliphatic carbocycles. The summed E-state index contributed by atoms with van der Waals surface area (Å²) in [6, 6.07) is 12.1. The van der Waals surface area contributed by atoms with Crippen LogP contribution in [0.1, 0.15) is 21.5 Å². The van der Waals surface area contributed by atoms with Gasteiger partial charge in [-0.3, -0.25) is 19.0 Å². The first-order chi connectivity index (χ1) is 15.1. The minimum Gasteiger partial charge on any atom is -0.480 e. The summed E-state index contributed by atoms with van der Waals surface area (Å²) in [5.74, 6) is -4.44. The number of carboxylic acid groups (broad SMARTS) is 1. The number of hydrogen-bond acceptors (Lipinski definition) is 4. The number of carbonyl (C=O) groups excluding carboxylic acids is 1. The molecule has 8 nitrogen and oxygen atoms in total. The van der Waals surface area contributed by atoms with Gasteiger partial charge in [-0.1, -0.05) is 35.9 Å². The predicted octanol–water partition coefficient (Wildman–Crippen LogP) is 1.68. The molecule has 32 heavy (non-hydrogen) atoms. The van der Waals surface area contributed by atoms with Crippen LogP contribution in [0.2, 0.25) is 0 Å². The van der Waals surface area contributed by atoms with Gasteiger partial charge in [-0.15, -0.1) is 0 Å². The fourth-order valence-electron chi connectivity index (χ4n) is 2.71. The maximum Gasteiger partial charge on any atom is 0.331 e. The van der Waals surface area contributed by atoms with E-state index in [1.54, 1.807) is 7.05 Å². The van der Waals surface area contributed by atoms with Crippen LogP contribution >= 0.6 is 0 Å². The van der Waals surface area contributed by atoms with Crippen LogP contribution in [0.4, 0.5) is 8.78 Å². The van der Waals surface area contributed by atoms with Gasteiger partial charge in [0.05, 0.1) is 6.54 Å². The van der Waals surface area contributed by atoms with Crippen LogP contribution in [0.5, 0.6) is 0 Å². The second-order valence-corrected chi connectivity index (χ2v) is 6.80. The van der Waals surface area contributed by atoms with Crippen LogP contribution in [0.3, 0.4) is 0 Å². The van der Waals surface area contributed by atoms with Crippen molar-refractivity contribution in [2.24, 2.45) is 7.05 Å². The van der Waals surface area contributed by atoms with E-state index >= 15 is 0 Å². The lowest BCUT2D eigenvalue weighted by atomic mass is 10.1. The van der Waals surface area contributed by atoms with E-state index in [0.29, 0.717) is 6.54 Å². The molecular formula is C22H21F2N3O5. The number of carboxylic acids is 1. The summed E-state index contributed by atoms with van der Waals surface area (Å²) in [6.45, 7) is 1.61. The Labute approximate surface area is 181 Å². The molecule has 0 bridgehead atoms. The molecule has 0 atom stereocenters. The fraction of sp³-hybridized carbons (Fsp3) is 0.182. The van der Waals surface area contributed by atoms with Gasteiger partial charge in [0.1, 0.15) is 23.7 Å². The highest BCUT2D eigenvalue weighted by atomic mass is 19.1. The Morgan fingerprint density at radius 2 is 1.66 bits per heavy atom. The van der Waals surface area contributed by atoms with E-state index in [9.17, 15) is 28.0 Å².